The minimum atomic E-state index is -0.817. The third-order valence-electron chi connectivity index (χ3n) is 4.13. The van der Waals surface area contributed by atoms with Gasteiger partial charge in [0.2, 0.25) is 0 Å². The highest BCUT2D eigenvalue weighted by Crippen LogP contribution is 2.31. The van der Waals surface area contributed by atoms with Crippen LogP contribution < -0.4 is 10.5 Å². The number of rotatable bonds is 4. The van der Waals surface area contributed by atoms with Gasteiger partial charge in [-0.15, -0.1) is 0 Å². The molecule has 0 saturated heterocycles. The van der Waals surface area contributed by atoms with Crippen LogP contribution in [0.2, 0.25) is 0 Å². The fourth-order valence-corrected chi connectivity index (χ4v) is 2.89. The van der Waals surface area contributed by atoms with Crippen molar-refractivity contribution in [1.82, 2.24) is 19.7 Å². The van der Waals surface area contributed by atoms with Crippen LogP contribution in [0.5, 0.6) is 5.75 Å². The molecule has 0 radical (unpaired) electrons. The van der Waals surface area contributed by atoms with E-state index in [9.17, 15) is 13.2 Å². The Morgan fingerprint density at radius 3 is 2.68 bits per heavy atom. The number of nitrogen functional groups attached to an aromatic ring is 1. The lowest BCUT2D eigenvalue weighted by Crippen LogP contribution is -2.12. The number of hydrogen-bond acceptors (Lipinski definition) is 5. The van der Waals surface area contributed by atoms with Crippen LogP contribution in [0.3, 0.4) is 0 Å². The first-order chi connectivity index (χ1) is 13.4. The number of ether oxygens (including phenoxy) is 1. The molecule has 1 unspecified atom stereocenters. The first-order valence-corrected chi connectivity index (χ1v) is 8.30. The van der Waals surface area contributed by atoms with Crippen LogP contribution in [0.1, 0.15) is 18.7 Å². The van der Waals surface area contributed by atoms with Crippen molar-refractivity contribution in [3.8, 4) is 11.4 Å². The van der Waals surface area contributed by atoms with E-state index < -0.39 is 23.6 Å². The van der Waals surface area contributed by atoms with Crippen LogP contribution in [0, 0.1) is 17.5 Å². The summed E-state index contributed by atoms with van der Waals surface area (Å²) in [6.07, 6.45) is 3.58. The van der Waals surface area contributed by atoms with Gasteiger partial charge in [0.1, 0.15) is 28.9 Å². The Kier molecular flexibility index (Phi) is 4.34. The van der Waals surface area contributed by atoms with E-state index >= 15 is 0 Å². The highest BCUT2D eigenvalue weighted by molar-refractivity contribution is 5.83. The zero-order chi connectivity index (χ0) is 19.8. The average molecular weight is 385 g/mol. The fourth-order valence-electron chi connectivity index (χ4n) is 2.89. The van der Waals surface area contributed by atoms with Crippen molar-refractivity contribution in [3.63, 3.8) is 0 Å². The van der Waals surface area contributed by atoms with Crippen molar-refractivity contribution >= 4 is 16.7 Å². The molecule has 9 heteroatoms. The summed E-state index contributed by atoms with van der Waals surface area (Å²) in [7, 11) is 0. The number of fused-ring (bicyclic) bond motifs is 1. The Balaban J connectivity index is 1.73. The Morgan fingerprint density at radius 1 is 1.11 bits per heavy atom. The molecule has 4 aromatic rings. The van der Waals surface area contributed by atoms with Crippen LogP contribution in [0.15, 0.2) is 48.9 Å². The molecule has 0 aliphatic rings. The van der Waals surface area contributed by atoms with E-state index in [1.54, 1.807) is 25.4 Å². The molecule has 0 aliphatic heterocycles. The minimum Gasteiger partial charge on any atom is -0.480 e. The minimum absolute atomic E-state index is 0.0592. The Hall–Kier alpha value is -3.62. The summed E-state index contributed by atoms with van der Waals surface area (Å²) in [5.41, 5.74) is 6.61. The number of nitrogens with zero attached hydrogens (tertiary/aromatic N) is 4. The van der Waals surface area contributed by atoms with Crippen LogP contribution in [0.4, 0.5) is 19.0 Å². The van der Waals surface area contributed by atoms with Crippen molar-refractivity contribution in [2.24, 2.45) is 0 Å². The Labute approximate surface area is 157 Å². The number of anilines is 1. The maximum absolute atomic E-state index is 13.9. The van der Waals surface area contributed by atoms with E-state index in [1.807, 2.05) is 0 Å². The normalized spacial score (nSPS) is 12.3. The summed E-state index contributed by atoms with van der Waals surface area (Å²) < 4.78 is 48.4. The number of pyridine rings is 2. The number of halogens is 3. The fraction of sp³-hybridized carbons (Fsp3) is 0.105. The van der Waals surface area contributed by atoms with E-state index in [4.69, 9.17) is 10.5 Å². The predicted octanol–water partition coefficient (Wildman–Crippen LogP) is 3.96. The van der Waals surface area contributed by atoms with E-state index in [1.165, 1.54) is 16.8 Å². The SMILES string of the molecule is CC(Oc1cc2cc(F)cc(F)c2nc1N)c1ncc(F)cc1-n1cccn1. The van der Waals surface area contributed by atoms with Crippen molar-refractivity contribution in [2.75, 3.05) is 5.73 Å². The van der Waals surface area contributed by atoms with Gasteiger partial charge in [0.25, 0.3) is 0 Å². The van der Waals surface area contributed by atoms with Crippen molar-refractivity contribution in [2.45, 2.75) is 13.0 Å². The van der Waals surface area contributed by atoms with Gasteiger partial charge in [0.05, 0.1) is 11.9 Å². The number of aromatic nitrogens is 4. The summed E-state index contributed by atoms with van der Waals surface area (Å²) >= 11 is 0. The molecule has 2 N–H and O–H groups in total. The Bertz CT molecular complexity index is 1160. The molecule has 28 heavy (non-hydrogen) atoms. The van der Waals surface area contributed by atoms with Crippen molar-refractivity contribution in [3.05, 3.63) is 72.1 Å². The van der Waals surface area contributed by atoms with Crippen LogP contribution >= 0.6 is 0 Å². The van der Waals surface area contributed by atoms with Gasteiger partial charge in [-0.1, -0.05) is 0 Å². The molecule has 0 amide bonds. The predicted molar refractivity (Wildman–Crippen MR) is 96.4 cm³/mol. The first kappa shape index (κ1) is 17.8. The van der Waals surface area contributed by atoms with Gasteiger partial charge in [0, 0.05) is 29.9 Å². The standard InChI is InChI=1S/C19H14F3N5O/c1-10(17-15(8-13(21)9-24-17)27-4-2-3-25-27)28-16-6-11-5-12(20)7-14(22)18(11)26-19(16)23/h2-10H,1H3,(H2,23,26). The molecule has 1 atom stereocenters. The lowest BCUT2D eigenvalue weighted by atomic mass is 10.2. The molecule has 0 spiro atoms. The molecule has 0 fully saturated rings. The van der Waals surface area contributed by atoms with E-state index in [-0.39, 0.29) is 22.5 Å². The van der Waals surface area contributed by atoms with Gasteiger partial charge in [0.15, 0.2) is 17.4 Å². The summed E-state index contributed by atoms with van der Waals surface area (Å²) in [5.74, 6) is -2.02. The molecule has 0 saturated carbocycles. The molecular weight excluding hydrogens is 371 g/mol. The second-order valence-corrected chi connectivity index (χ2v) is 6.10. The zero-order valence-corrected chi connectivity index (χ0v) is 14.6. The summed E-state index contributed by atoms with van der Waals surface area (Å²) in [6.45, 7) is 1.68. The maximum Gasteiger partial charge on any atom is 0.166 e. The third kappa shape index (κ3) is 3.22. The second kappa shape index (κ2) is 6.84. The summed E-state index contributed by atoms with van der Waals surface area (Å²) in [5, 5.41) is 4.29. The van der Waals surface area contributed by atoms with Gasteiger partial charge >= 0.3 is 0 Å². The van der Waals surface area contributed by atoms with Gasteiger partial charge in [-0.05, 0) is 25.1 Å². The molecule has 4 rings (SSSR count). The van der Waals surface area contributed by atoms with Crippen molar-refractivity contribution in [1.29, 1.82) is 0 Å². The largest absolute Gasteiger partial charge is 0.480 e. The molecule has 0 aliphatic carbocycles. The van der Waals surface area contributed by atoms with Gasteiger partial charge in [-0.3, -0.25) is 4.98 Å². The maximum atomic E-state index is 13.9. The lowest BCUT2D eigenvalue weighted by Gasteiger charge is -2.18. The van der Waals surface area contributed by atoms with Crippen molar-refractivity contribution < 1.29 is 17.9 Å². The van der Waals surface area contributed by atoms with Gasteiger partial charge in [-0.2, -0.15) is 5.10 Å². The summed E-state index contributed by atoms with van der Waals surface area (Å²) in [6, 6.07) is 6.23. The third-order valence-corrected chi connectivity index (χ3v) is 4.13. The Morgan fingerprint density at radius 2 is 1.93 bits per heavy atom. The second-order valence-electron chi connectivity index (χ2n) is 6.10. The highest BCUT2D eigenvalue weighted by Gasteiger charge is 2.19. The molecule has 1 aromatic carbocycles. The molecule has 142 valence electrons. The molecule has 0 bridgehead atoms. The van der Waals surface area contributed by atoms with Gasteiger partial charge < -0.3 is 10.5 Å². The topological polar surface area (TPSA) is 78.9 Å². The quantitative estimate of drug-likeness (QED) is 0.575. The van der Waals surface area contributed by atoms with Crippen LogP contribution in [-0.4, -0.2) is 19.7 Å². The number of benzene rings is 1. The smallest absolute Gasteiger partial charge is 0.166 e. The first-order valence-electron chi connectivity index (χ1n) is 8.30. The number of hydrogen-bond donors (Lipinski definition) is 1. The average Bonchev–Trinajstić information content (AvgIpc) is 3.17. The highest BCUT2D eigenvalue weighted by atomic mass is 19.1. The van der Waals surface area contributed by atoms with Crippen LogP contribution in [0.25, 0.3) is 16.6 Å². The monoisotopic (exact) mass is 385 g/mol. The zero-order valence-electron chi connectivity index (χ0n) is 14.6. The van der Waals surface area contributed by atoms with Gasteiger partial charge in [-0.25, -0.2) is 22.8 Å². The van der Waals surface area contributed by atoms with Crippen LogP contribution in [-0.2, 0) is 0 Å². The molecule has 6 nitrogen and oxygen atoms in total. The molecular formula is C19H14F3N5O. The van der Waals surface area contributed by atoms with E-state index in [0.29, 0.717) is 11.4 Å². The van der Waals surface area contributed by atoms with E-state index in [2.05, 4.69) is 15.1 Å². The number of nitrogens with two attached hydrogens (primary N) is 1. The lowest BCUT2D eigenvalue weighted by molar-refractivity contribution is 0.222. The summed E-state index contributed by atoms with van der Waals surface area (Å²) in [4.78, 5) is 8.07. The molecule has 3 heterocycles. The molecule has 3 aromatic heterocycles. The van der Waals surface area contributed by atoms with E-state index in [0.717, 1.165) is 18.3 Å².